The summed E-state index contributed by atoms with van der Waals surface area (Å²) in [4.78, 5) is 46.0. The Kier molecular flexibility index (Phi) is 40.2. The van der Waals surface area contributed by atoms with Crippen LogP contribution in [-0.2, 0) is 37.5 Å². The minimum atomic E-state index is -4.72. The fourth-order valence-corrected chi connectivity index (χ4v) is 7.24. The summed E-state index contributed by atoms with van der Waals surface area (Å²) in [7, 11) is -4.72. The largest absolute Gasteiger partial charge is 0.480 e. The van der Waals surface area contributed by atoms with E-state index in [1.807, 2.05) is 0 Å². The van der Waals surface area contributed by atoms with E-state index >= 15 is 0 Å². The van der Waals surface area contributed by atoms with Crippen molar-refractivity contribution in [3.63, 3.8) is 0 Å². The van der Waals surface area contributed by atoms with E-state index in [0.29, 0.717) is 12.8 Å². The minimum absolute atomic E-state index is 0.133. The summed E-state index contributed by atoms with van der Waals surface area (Å²) in [6.07, 6.45) is 43.9. The number of phosphoric acid groups is 1. The Hall–Kier alpha value is -2.04. The van der Waals surface area contributed by atoms with Gasteiger partial charge in [0.15, 0.2) is 6.10 Å². The van der Waals surface area contributed by atoms with Crippen LogP contribution in [0.15, 0.2) is 24.3 Å². The fourth-order valence-electron chi connectivity index (χ4n) is 6.47. The highest BCUT2D eigenvalue weighted by atomic mass is 31.2. The molecule has 12 heteroatoms. The Balaban J connectivity index is 4.31. The predicted octanol–water partition coefficient (Wildman–Crippen LogP) is 12.6. The number of carboxylic acid groups (broad SMARTS) is 1. The maximum Gasteiger partial charge on any atom is 0.472 e. The van der Waals surface area contributed by atoms with Crippen LogP contribution >= 0.6 is 7.82 Å². The molecule has 0 rings (SSSR count). The maximum atomic E-state index is 12.6. The third-order valence-corrected chi connectivity index (χ3v) is 11.1. The van der Waals surface area contributed by atoms with Gasteiger partial charge in [-0.15, -0.1) is 0 Å². The molecule has 3 atom stereocenters. The first-order valence-corrected chi connectivity index (χ1v) is 24.9. The fraction of sp³-hybridized carbons (Fsp3) is 0.848. The number of nitrogens with two attached hydrogens (primary N) is 1. The van der Waals surface area contributed by atoms with Crippen molar-refractivity contribution >= 4 is 25.7 Å². The summed E-state index contributed by atoms with van der Waals surface area (Å²) in [5.41, 5.74) is 5.34. The Morgan fingerprint density at radius 1 is 0.517 bits per heavy atom. The van der Waals surface area contributed by atoms with Crippen LogP contribution in [0.1, 0.15) is 219 Å². The maximum absolute atomic E-state index is 12.6. The van der Waals surface area contributed by atoms with Crippen molar-refractivity contribution in [2.24, 2.45) is 5.73 Å². The van der Waals surface area contributed by atoms with E-state index in [0.717, 1.165) is 38.5 Å². The van der Waals surface area contributed by atoms with Crippen LogP contribution in [0.2, 0.25) is 0 Å². The molecule has 4 N–H and O–H groups in total. The molecule has 340 valence electrons. The van der Waals surface area contributed by atoms with Gasteiger partial charge < -0.3 is 25.2 Å². The molecule has 11 nitrogen and oxygen atoms in total. The van der Waals surface area contributed by atoms with Gasteiger partial charge in [0.05, 0.1) is 13.2 Å². The van der Waals surface area contributed by atoms with Crippen LogP contribution in [0.3, 0.4) is 0 Å². The molecule has 58 heavy (non-hydrogen) atoms. The molecular formula is C46H86NO10P. The van der Waals surface area contributed by atoms with Crippen LogP contribution in [0.5, 0.6) is 0 Å². The van der Waals surface area contributed by atoms with E-state index in [-0.39, 0.29) is 19.4 Å². The van der Waals surface area contributed by atoms with Crippen LogP contribution in [0.4, 0.5) is 0 Å². The summed E-state index contributed by atoms with van der Waals surface area (Å²) >= 11 is 0. The zero-order chi connectivity index (χ0) is 42.8. The van der Waals surface area contributed by atoms with Crippen molar-refractivity contribution < 1.29 is 47.5 Å². The van der Waals surface area contributed by atoms with Crippen molar-refractivity contribution in [3.05, 3.63) is 24.3 Å². The van der Waals surface area contributed by atoms with Crippen LogP contribution in [0, 0.1) is 0 Å². The molecule has 0 spiro atoms. The normalized spacial score (nSPS) is 13.9. The van der Waals surface area contributed by atoms with E-state index in [1.54, 1.807) is 0 Å². The number of phosphoric ester groups is 1. The summed E-state index contributed by atoms with van der Waals surface area (Å²) in [5.74, 6) is -2.40. The van der Waals surface area contributed by atoms with Crippen molar-refractivity contribution in [2.75, 3.05) is 19.8 Å². The number of hydrogen-bond acceptors (Lipinski definition) is 9. The highest BCUT2D eigenvalue weighted by Gasteiger charge is 2.28. The van der Waals surface area contributed by atoms with Crippen molar-refractivity contribution in [1.82, 2.24) is 0 Å². The Morgan fingerprint density at radius 3 is 1.29 bits per heavy atom. The molecule has 0 heterocycles. The van der Waals surface area contributed by atoms with Crippen molar-refractivity contribution in [1.29, 1.82) is 0 Å². The van der Waals surface area contributed by atoms with Gasteiger partial charge in [-0.2, -0.15) is 0 Å². The molecule has 0 aromatic carbocycles. The minimum Gasteiger partial charge on any atom is -0.480 e. The van der Waals surface area contributed by atoms with Crippen molar-refractivity contribution in [2.45, 2.75) is 231 Å². The molecule has 0 aliphatic rings. The second-order valence-electron chi connectivity index (χ2n) is 15.9. The standard InChI is InChI=1S/C46H86NO10P/c1-3-5-7-9-11-13-15-17-19-20-21-22-24-25-27-29-31-33-35-37-44(48)54-39-42(40-55-58(52,53)56-41-43(47)46(50)51)57-45(49)38-36-34-32-30-28-26-23-18-16-14-12-10-8-6-4-2/h17,19,28,30,42-43H,3-16,18,20-27,29,31-41,47H2,1-2H3,(H,50,51)(H,52,53)/b19-17+,30-28+/t42-,43+/m1/s1. The number of allylic oxidation sites excluding steroid dienone is 4. The third kappa shape index (κ3) is 40.7. The molecular weight excluding hydrogens is 757 g/mol. The number of carbonyl (C=O) groups excluding carboxylic acids is 2. The first-order valence-electron chi connectivity index (χ1n) is 23.4. The van der Waals surface area contributed by atoms with Gasteiger partial charge in [-0.3, -0.25) is 23.4 Å². The quantitative estimate of drug-likeness (QED) is 0.0231. The van der Waals surface area contributed by atoms with Gasteiger partial charge in [-0.05, 0) is 64.2 Å². The van der Waals surface area contributed by atoms with E-state index in [1.165, 1.54) is 141 Å². The molecule has 0 saturated carbocycles. The Bertz CT molecular complexity index is 1080. The van der Waals surface area contributed by atoms with Crippen LogP contribution in [-0.4, -0.2) is 59.9 Å². The van der Waals surface area contributed by atoms with E-state index in [2.05, 4.69) is 42.7 Å². The number of esters is 2. The van der Waals surface area contributed by atoms with E-state index < -0.39 is 51.1 Å². The highest BCUT2D eigenvalue weighted by Crippen LogP contribution is 2.43. The number of unbranched alkanes of at least 4 members (excludes halogenated alkanes) is 26. The lowest BCUT2D eigenvalue weighted by Crippen LogP contribution is -2.34. The number of carbonyl (C=O) groups is 3. The lowest BCUT2D eigenvalue weighted by Gasteiger charge is -2.20. The molecule has 0 aliphatic carbocycles. The monoisotopic (exact) mass is 844 g/mol. The van der Waals surface area contributed by atoms with Crippen molar-refractivity contribution in [3.8, 4) is 0 Å². The lowest BCUT2D eigenvalue weighted by molar-refractivity contribution is -0.161. The highest BCUT2D eigenvalue weighted by molar-refractivity contribution is 7.47. The molecule has 0 bridgehead atoms. The number of ether oxygens (including phenoxy) is 2. The molecule has 0 fully saturated rings. The second kappa shape index (κ2) is 41.7. The SMILES string of the molecule is CCCCCCCC/C=C/CCCCCCCCCCCC(=O)OC[C@H](COP(=O)(O)OC[C@H](N)C(=O)O)OC(=O)CCCC/C=C/CCCCCCCCCCC. The molecule has 0 aromatic heterocycles. The summed E-state index contributed by atoms with van der Waals surface area (Å²) in [6, 6.07) is -1.52. The summed E-state index contributed by atoms with van der Waals surface area (Å²) in [6.45, 7) is 2.80. The third-order valence-electron chi connectivity index (χ3n) is 10.2. The molecule has 0 radical (unpaired) electrons. The molecule has 0 aromatic rings. The lowest BCUT2D eigenvalue weighted by atomic mass is 10.1. The average molecular weight is 844 g/mol. The van der Waals surface area contributed by atoms with Gasteiger partial charge in [-0.25, -0.2) is 4.57 Å². The predicted molar refractivity (Wildman–Crippen MR) is 236 cm³/mol. The second-order valence-corrected chi connectivity index (χ2v) is 17.3. The first kappa shape index (κ1) is 56.0. The Labute approximate surface area is 353 Å². The molecule has 0 aliphatic heterocycles. The van der Waals surface area contributed by atoms with Crippen LogP contribution < -0.4 is 5.73 Å². The van der Waals surface area contributed by atoms with Gasteiger partial charge in [0.2, 0.25) is 0 Å². The van der Waals surface area contributed by atoms with Gasteiger partial charge in [0.25, 0.3) is 0 Å². The Morgan fingerprint density at radius 2 is 0.862 bits per heavy atom. The number of rotatable bonds is 44. The smallest absolute Gasteiger partial charge is 0.472 e. The zero-order valence-corrected chi connectivity index (χ0v) is 37.8. The molecule has 0 amide bonds. The topological polar surface area (TPSA) is 172 Å². The summed E-state index contributed by atoms with van der Waals surface area (Å²) in [5, 5.41) is 8.90. The number of aliphatic carboxylic acids is 1. The zero-order valence-electron chi connectivity index (χ0n) is 36.9. The van der Waals surface area contributed by atoms with Gasteiger partial charge in [0, 0.05) is 12.8 Å². The van der Waals surface area contributed by atoms with Crippen LogP contribution in [0.25, 0.3) is 0 Å². The van der Waals surface area contributed by atoms with E-state index in [4.69, 9.17) is 24.8 Å². The number of carboxylic acids is 1. The van der Waals surface area contributed by atoms with E-state index in [9.17, 15) is 23.8 Å². The molecule has 1 unspecified atom stereocenters. The molecule has 0 saturated heterocycles. The van der Waals surface area contributed by atoms with Gasteiger partial charge >= 0.3 is 25.7 Å². The van der Waals surface area contributed by atoms with Gasteiger partial charge in [-0.1, -0.05) is 167 Å². The average Bonchev–Trinajstić information content (AvgIpc) is 3.20. The summed E-state index contributed by atoms with van der Waals surface area (Å²) < 4.78 is 32.7. The van der Waals surface area contributed by atoms with Gasteiger partial charge in [0.1, 0.15) is 12.6 Å². The first-order chi connectivity index (χ1) is 28.1. The number of hydrogen-bond donors (Lipinski definition) is 3.